The van der Waals surface area contributed by atoms with E-state index in [-0.39, 0.29) is 6.54 Å². The van der Waals surface area contributed by atoms with E-state index >= 15 is 0 Å². The molecule has 0 atom stereocenters. The minimum Gasteiger partial charge on any atom is -0.492 e. The van der Waals surface area contributed by atoms with E-state index < -0.39 is 24.4 Å². The number of rotatable bonds is 8. The highest BCUT2D eigenvalue weighted by Gasteiger charge is 2.12. The zero-order valence-electron chi connectivity index (χ0n) is 14.4. The van der Waals surface area contributed by atoms with Gasteiger partial charge in [0.2, 0.25) is 0 Å². The first kappa shape index (κ1) is 19.0. The summed E-state index contributed by atoms with van der Waals surface area (Å²) < 4.78 is 10.3. The van der Waals surface area contributed by atoms with Crippen molar-refractivity contribution in [2.45, 2.75) is 6.92 Å². The normalized spacial score (nSPS) is 9.88. The topological polar surface area (TPSA) is 93.7 Å². The summed E-state index contributed by atoms with van der Waals surface area (Å²) in [5.74, 6) is -1.06. The molecule has 2 N–H and O–H groups in total. The number of carbonyl (C=O) groups is 3. The van der Waals surface area contributed by atoms with E-state index in [0.29, 0.717) is 23.6 Å². The summed E-state index contributed by atoms with van der Waals surface area (Å²) in [6, 6.07) is 15.4. The Bertz CT molecular complexity index is 762. The van der Waals surface area contributed by atoms with Gasteiger partial charge in [0.15, 0.2) is 6.61 Å². The van der Waals surface area contributed by atoms with Crippen LogP contribution < -0.4 is 15.4 Å². The number of esters is 1. The highest BCUT2D eigenvalue weighted by Crippen LogP contribution is 2.23. The first-order valence-electron chi connectivity index (χ1n) is 8.10. The molecule has 0 saturated heterocycles. The highest BCUT2D eigenvalue weighted by atomic mass is 16.5. The number of ether oxygens (including phenoxy) is 2. The quantitative estimate of drug-likeness (QED) is 0.706. The van der Waals surface area contributed by atoms with E-state index in [1.165, 1.54) is 0 Å². The Morgan fingerprint density at radius 3 is 2.38 bits per heavy atom. The van der Waals surface area contributed by atoms with Gasteiger partial charge in [-0.25, -0.2) is 0 Å². The first-order chi connectivity index (χ1) is 12.6. The number of hydrogen-bond donors (Lipinski definition) is 2. The van der Waals surface area contributed by atoms with E-state index in [9.17, 15) is 14.4 Å². The molecule has 26 heavy (non-hydrogen) atoms. The zero-order valence-corrected chi connectivity index (χ0v) is 14.4. The van der Waals surface area contributed by atoms with Crippen molar-refractivity contribution in [1.82, 2.24) is 5.32 Å². The molecule has 0 bridgehead atoms. The monoisotopic (exact) mass is 356 g/mol. The van der Waals surface area contributed by atoms with Gasteiger partial charge in [-0.3, -0.25) is 14.4 Å². The number of benzene rings is 2. The molecule has 7 heteroatoms. The Kier molecular flexibility index (Phi) is 7.17. The van der Waals surface area contributed by atoms with Crippen LogP contribution in [0.15, 0.2) is 54.6 Å². The van der Waals surface area contributed by atoms with Gasteiger partial charge >= 0.3 is 5.97 Å². The van der Waals surface area contributed by atoms with Crippen LogP contribution in [0.3, 0.4) is 0 Å². The predicted molar refractivity (Wildman–Crippen MR) is 96.0 cm³/mol. The van der Waals surface area contributed by atoms with E-state index in [2.05, 4.69) is 10.6 Å². The Morgan fingerprint density at radius 2 is 1.65 bits per heavy atom. The standard InChI is InChI=1S/C19H20N2O5/c1-2-25-16-11-7-6-10-15(16)21-17(22)13-26-18(23)12-20-19(24)14-8-4-3-5-9-14/h3-11H,2,12-13H2,1H3,(H,20,24)(H,21,22). The number of hydrogen-bond acceptors (Lipinski definition) is 5. The molecule has 136 valence electrons. The summed E-state index contributed by atoms with van der Waals surface area (Å²) in [5.41, 5.74) is 0.929. The van der Waals surface area contributed by atoms with Gasteiger partial charge < -0.3 is 20.1 Å². The number of nitrogens with one attached hydrogen (secondary N) is 2. The maximum atomic E-state index is 11.9. The fourth-order valence-electron chi connectivity index (χ4n) is 2.08. The van der Waals surface area contributed by atoms with E-state index in [4.69, 9.17) is 9.47 Å². The minimum atomic E-state index is -0.706. The fourth-order valence-corrected chi connectivity index (χ4v) is 2.08. The van der Waals surface area contributed by atoms with Crippen molar-refractivity contribution in [2.75, 3.05) is 25.1 Å². The summed E-state index contributed by atoms with van der Waals surface area (Å²) >= 11 is 0. The molecular formula is C19H20N2O5. The number of para-hydroxylation sites is 2. The third-order valence-electron chi connectivity index (χ3n) is 3.25. The van der Waals surface area contributed by atoms with Crippen molar-refractivity contribution >= 4 is 23.5 Å². The molecule has 0 aliphatic rings. The number of carbonyl (C=O) groups excluding carboxylic acids is 3. The Labute approximate surface area is 151 Å². The largest absolute Gasteiger partial charge is 0.492 e. The third kappa shape index (κ3) is 5.94. The Balaban J connectivity index is 1.75. The molecular weight excluding hydrogens is 336 g/mol. The molecule has 7 nitrogen and oxygen atoms in total. The van der Waals surface area contributed by atoms with E-state index in [1.54, 1.807) is 54.6 Å². The lowest BCUT2D eigenvalue weighted by Crippen LogP contribution is -2.32. The summed E-state index contributed by atoms with van der Waals surface area (Å²) in [5, 5.41) is 5.05. The van der Waals surface area contributed by atoms with Crippen LogP contribution in [-0.2, 0) is 14.3 Å². The summed E-state index contributed by atoms with van der Waals surface area (Å²) in [7, 11) is 0. The van der Waals surface area contributed by atoms with Gasteiger partial charge in [-0.05, 0) is 31.2 Å². The summed E-state index contributed by atoms with van der Waals surface area (Å²) in [6.07, 6.45) is 0. The number of amides is 2. The van der Waals surface area contributed by atoms with Crippen LogP contribution in [0, 0.1) is 0 Å². The molecule has 0 radical (unpaired) electrons. The van der Waals surface area contributed by atoms with Gasteiger partial charge in [0.05, 0.1) is 12.3 Å². The van der Waals surface area contributed by atoms with Crippen molar-refractivity contribution in [1.29, 1.82) is 0 Å². The van der Waals surface area contributed by atoms with Gasteiger partial charge in [0.25, 0.3) is 11.8 Å². The first-order valence-corrected chi connectivity index (χ1v) is 8.10. The second-order valence-electron chi connectivity index (χ2n) is 5.19. The summed E-state index contributed by atoms with van der Waals surface area (Å²) in [6.45, 7) is 1.52. The van der Waals surface area contributed by atoms with Crippen LogP contribution >= 0.6 is 0 Å². The molecule has 0 saturated carbocycles. The molecule has 0 heterocycles. The molecule has 2 rings (SSSR count). The smallest absolute Gasteiger partial charge is 0.325 e. The second kappa shape index (κ2) is 9.83. The maximum Gasteiger partial charge on any atom is 0.325 e. The number of anilines is 1. The SMILES string of the molecule is CCOc1ccccc1NC(=O)COC(=O)CNC(=O)c1ccccc1. The summed E-state index contributed by atoms with van der Waals surface area (Å²) in [4.78, 5) is 35.4. The molecule has 0 aromatic heterocycles. The van der Waals surface area contributed by atoms with Crippen LogP contribution in [-0.4, -0.2) is 37.5 Å². The molecule has 0 aliphatic heterocycles. The molecule has 0 spiro atoms. The van der Waals surface area contributed by atoms with Crippen molar-refractivity contribution in [2.24, 2.45) is 0 Å². The zero-order chi connectivity index (χ0) is 18.8. The van der Waals surface area contributed by atoms with Gasteiger partial charge in [-0.2, -0.15) is 0 Å². The van der Waals surface area contributed by atoms with Crippen molar-refractivity contribution in [3.63, 3.8) is 0 Å². The van der Waals surface area contributed by atoms with Crippen LogP contribution in [0.2, 0.25) is 0 Å². The lowest BCUT2D eigenvalue weighted by atomic mass is 10.2. The average molecular weight is 356 g/mol. The van der Waals surface area contributed by atoms with E-state index in [0.717, 1.165) is 0 Å². The van der Waals surface area contributed by atoms with Crippen molar-refractivity contribution in [3.8, 4) is 5.75 Å². The van der Waals surface area contributed by atoms with Gasteiger partial charge in [0.1, 0.15) is 12.3 Å². The van der Waals surface area contributed by atoms with Crippen LogP contribution in [0.5, 0.6) is 5.75 Å². The molecule has 0 aliphatic carbocycles. The van der Waals surface area contributed by atoms with Gasteiger partial charge in [-0.1, -0.05) is 30.3 Å². The minimum absolute atomic E-state index is 0.323. The Morgan fingerprint density at radius 1 is 0.962 bits per heavy atom. The van der Waals surface area contributed by atoms with Crippen LogP contribution in [0.1, 0.15) is 17.3 Å². The van der Waals surface area contributed by atoms with Crippen molar-refractivity contribution < 1.29 is 23.9 Å². The maximum absolute atomic E-state index is 11.9. The molecule has 2 aromatic rings. The molecule has 0 unspecified atom stereocenters. The molecule has 2 aromatic carbocycles. The van der Waals surface area contributed by atoms with E-state index in [1.807, 2.05) is 6.92 Å². The van der Waals surface area contributed by atoms with Gasteiger partial charge in [-0.15, -0.1) is 0 Å². The van der Waals surface area contributed by atoms with Crippen LogP contribution in [0.25, 0.3) is 0 Å². The third-order valence-corrected chi connectivity index (χ3v) is 3.25. The fraction of sp³-hybridized carbons (Fsp3) is 0.211. The lowest BCUT2D eigenvalue weighted by molar-refractivity contribution is -0.146. The van der Waals surface area contributed by atoms with Gasteiger partial charge in [0, 0.05) is 5.56 Å². The Hall–Kier alpha value is -3.35. The van der Waals surface area contributed by atoms with Crippen molar-refractivity contribution in [3.05, 3.63) is 60.2 Å². The van der Waals surface area contributed by atoms with Crippen LogP contribution in [0.4, 0.5) is 5.69 Å². The molecule has 0 fully saturated rings. The average Bonchev–Trinajstić information content (AvgIpc) is 2.67. The molecule has 2 amide bonds. The lowest BCUT2D eigenvalue weighted by Gasteiger charge is -2.11. The predicted octanol–water partition coefficient (Wildman–Crippen LogP) is 2.00. The highest BCUT2D eigenvalue weighted by molar-refractivity contribution is 5.96. The second-order valence-corrected chi connectivity index (χ2v) is 5.19.